The van der Waals surface area contributed by atoms with Crippen LogP contribution in [0, 0.1) is 0 Å². The number of benzene rings is 1. The van der Waals surface area contributed by atoms with Gasteiger partial charge in [-0.3, -0.25) is 9.59 Å². The molecule has 1 N–H and O–H groups in total. The quantitative estimate of drug-likeness (QED) is 0.789. The topological polar surface area (TPSA) is 67.2 Å². The van der Waals surface area contributed by atoms with E-state index >= 15 is 0 Å². The number of hydrogen-bond donors (Lipinski definition) is 1. The Bertz CT molecular complexity index is 807. The molecule has 138 valence electrons. The summed E-state index contributed by atoms with van der Waals surface area (Å²) in [6, 6.07) is 9.16. The molecule has 0 bridgehead atoms. The Labute approximate surface area is 157 Å². The number of nitrogens with zero attached hydrogens (tertiary/aromatic N) is 3. The standard InChI is InChI=1S/C19H23ClN4O2/c20-18-16(14-22-24(19(18)26)15-8-3-1-4-9-15)21-11-7-13-23-12-6-2-5-10-17(23)25/h1,3-4,8-9,14,21H,2,5-7,10-13H2. The molecular weight excluding hydrogens is 352 g/mol. The smallest absolute Gasteiger partial charge is 0.292 e. The van der Waals surface area contributed by atoms with Crippen LogP contribution in [0.25, 0.3) is 5.69 Å². The molecule has 0 radical (unpaired) electrons. The van der Waals surface area contributed by atoms with Crippen LogP contribution >= 0.6 is 11.6 Å². The highest BCUT2D eigenvalue weighted by Gasteiger charge is 2.16. The Hall–Kier alpha value is -2.34. The Morgan fingerprint density at radius 1 is 1.12 bits per heavy atom. The van der Waals surface area contributed by atoms with Crippen LogP contribution < -0.4 is 10.9 Å². The number of hydrogen-bond acceptors (Lipinski definition) is 4. The number of halogens is 1. The number of rotatable bonds is 6. The molecule has 26 heavy (non-hydrogen) atoms. The second-order valence-corrected chi connectivity index (χ2v) is 6.77. The Morgan fingerprint density at radius 3 is 2.73 bits per heavy atom. The van der Waals surface area contributed by atoms with Crippen LogP contribution in [-0.4, -0.2) is 40.2 Å². The number of likely N-dealkylation sites (tertiary alicyclic amines) is 1. The van der Waals surface area contributed by atoms with Crippen LogP contribution in [0.4, 0.5) is 5.69 Å². The summed E-state index contributed by atoms with van der Waals surface area (Å²) in [7, 11) is 0. The summed E-state index contributed by atoms with van der Waals surface area (Å²) in [6.07, 6.45) is 6.21. The van der Waals surface area contributed by atoms with E-state index in [2.05, 4.69) is 10.4 Å². The minimum Gasteiger partial charge on any atom is -0.382 e. The first-order valence-electron chi connectivity index (χ1n) is 9.02. The van der Waals surface area contributed by atoms with E-state index in [-0.39, 0.29) is 16.5 Å². The van der Waals surface area contributed by atoms with Gasteiger partial charge >= 0.3 is 0 Å². The molecule has 0 spiro atoms. The fourth-order valence-electron chi connectivity index (χ4n) is 3.08. The lowest BCUT2D eigenvalue weighted by atomic mass is 10.2. The van der Waals surface area contributed by atoms with E-state index in [9.17, 15) is 9.59 Å². The van der Waals surface area contributed by atoms with E-state index < -0.39 is 0 Å². The summed E-state index contributed by atoms with van der Waals surface area (Å²) in [4.78, 5) is 26.3. The summed E-state index contributed by atoms with van der Waals surface area (Å²) < 4.78 is 1.28. The second-order valence-electron chi connectivity index (χ2n) is 6.40. The van der Waals surface area contributed by atoms with Crippen molar-refractivity contribution < 1.29 is 4.79 Å². The predicted molar refractivity (Wildman–Crippen MR) is 103 cm³/mol. The Kier molecular flexibility index (Phi) is 6.28. The van der Waals surface area contributed by atoms with Crippen molar-refractivity contribution in [2.24, 2.45) is 0 Å². The van der Waals surface area contributed by atoms with E-state index in [0.717, 1.165) is 38.8 Å². The molecule has 0 aliphatic carbocycles. The third-order valence-corrected chi connectivity index (χ3v) is 4.88. The third kappa shape index (κ3) is 4.43. The van der Waals surface area contributed by atoms with Gasteiger partial charge in [0.1, 0.15) is 5.02 Å². The van der Waals surface area contributed by atoms with Gasteiger partial charge in [-0.1, -0.05) is 36.2 Å². The van der Waals surface area contributed by atoms with Gasteiger partial charge in [-0.05, 0) is 31.4 Å². The molecule has 0 saturated carbocycles. The van der Waals surface area contributed by atoms with Gasteiger partial charge in [0.25, 0.3) is 5.56 Å². The summed E-state index contributed by atoms with van der Waals surface area (Å²) in [5, 5.41) is 7.47. The van der Waals surface area contributed by atoms with Crippen molar-refractivity contribution in [2.45, 2.75) is 32.1 Å². The lowest BCUT2D eigenvalue weighted by Crippen LogP contribution is -2.32. The highest BCUT2D eigenvalue weighted by molar-refractivity contribution is 6.32. The zero-order valence-corrected chi connectivity index (χ0v) is 15.4. The van der Waals surface area contributed by atoms with E-state index in [1.54, 1.807) is 18.3 Å². The summed E-state index contributed by atoms with van der Waals surface area (Å²) in [5.74, 6) is 0.243. The number of aromatic nitrogens is 2. The van der Waals surface area contributed by atoms with E-state index in [4.69, 9.17) is 11.6 Å². The van der Waals surface area contributed by atoms with Crippen molar-refractivity contribution in [1.29, 1.82) is 0 Å². The maximum absolute atomic E-state index is 12.4. The Morgan fingerprint density at radius 2 is 1.92 bits per heavy atom. The molecule has 1 aromatic carbocycles. The van der Waals surface area contributed by atoms with Crippen LogP contribution in [-0.2, 0) is 4.79 Å². The van der Waals surface area contributed by atoms with Gasteiger partial charge in [0.2, 0.25) is 5.91 Å². The molecule has 1 fully saturated rings. The fraction of sp³-hybridized carbons (Fsp3) is 0.421. The Balaban J connectivity index is 1.58. The maximum atomic E-state index is 12.4. The highest BCUT2D eigenvalue weighted by atomic mass is 35.5. The van der Waals surface area contributed by atoms with Gasteiger partial charge < -0.3 is 10.2 Å². The molecule has 0 unspecified atom stereocenters. The molecule has 1 aliphatic heterocycles. The second kappa shape index (κ2) is 8.85. The van der Waals surface area contributed by atoms with Gasteiger partial charge in [0, 0.05) is 26.1 Å². The number of anilines is 1. The molecule has 1 amide bonds. The molecule has 1 aliphatic rings. The van der Waals surface area contributed by atoms with Crippen LogP contribution in [0.5, 0.6) is 0 Å². The van der Waals surface area contributed by atoms with Gasteiger partial charge in [0.05, 0.1) is 17.6 Å². The average molecular weight is 375 g/mol. The van der Waals surface area contributed by atoms with Gasteiger partial charge in [-0.25, -0.2) is 0 Å². The largest absolute Gasteiger partial charge is 0.382 e. The van der Waals surface area contributed by atoms with Crippen molar-refractivity contribution in [3.63, 3.8) is 0 Å². The van der Waals surface area contributed by atoms with Crippen molar-refractivity contribution in [3.05, 3.63) is 51.9 Å². The van der Waals surface area contributed by atoms with Crippen LogP contribution in [0.1, 0.15) is 32.1 Å². The molecule has 2 aromatic rings. The number of carbonyl (C=O) groups is 1. The molecule has 7 heteroatoms. The molecular formula is C19H23ClN4O2. The average Bonchev–Trinajstić information content (AvgIpc) is 2.87. The summed E-state index contributed by atoms with van der Waals surface area (Å²) in [6.45, 7) is 2.19. The molecule has 3 rings (SSSR count). The van der Waals surface area contributed by atoms with E-state index in [0.29, 0.717) is 24.3 Å². The van der Waals surface area contributed by atoms with Crippen molar-refractivity contribution >= 4 is 23.2 Å². The fourth-order valence-corrected chi connectivity index (χ4v) is 3.27. The first kappa shape index (κ1) is 18.5. The van der Waals surface area contributed by atoms with Crippen LogP contribution in [0.3, 0.4) is 0 Å². The van der Waals surface area contributed by atoms with E-state index in [1.165, 1.54) is 4.68 Å². The molecule has 6 nitrogen and oxygen atoms in total. The summed E-state index contributed by atoms with van der Waals surface area (Å²) >= 11 is 6.22. The molecule has 1 aromatic heterocycles. The highest BCUT2D eigenvalue weighted by Crippen LogP contribution is 2.17. The molecule has 1 saturated heterocycles. The third-order valence-electron chi connectivity index (χ3n) is 4.51. The predicted octanol–water partition coefficient (Wildman–Crippen LogP) is 3.09. The van der Waals surface area contributed by atoms with Crippen molar-refractivity contribution in [2.75, 3.05) is 25.0 Å². The maximum Gasteiger partial charge on any atom is 0.292 e. The molecule has 2 heterocycles. The van der Waals surface area contributed by atoms with Crippen molar-refractivity contribution in [3.8, 4) is 5.69 Å². The first-order chi connectivity index (χ1) is 12.7. The number of amides is 1. The SMILES string of the molecule is O=C1CCCCCN1CCCNc1cnn(-c2ccccc2)c(=O)c1Cl. The normalized spacial score (nSPS) is 15.0. The minimum absolute atomic E-state index is 0.120. The first-order valence-corrected chi connectivity index (χ1v) is 9.39. The molecule has 0 atom stereocenters. The monoisotopic (exact) mass is 374 g/mol. The minimum atomic E-state index is -0.356. The van der Waals surface area contributed by atoms with Crippen LogP contribution in [0.15, 0.2) is 41.3 Å². The van der Waals surface area contributed by atoms with Gasteiger partial charge in [0.15, 0.2) is 0 Å². The zero-order chi connectivity index (χ0) is 18.4. The lowest BCUT2D eigenvalue weighted by Gasteiger charge is -2.20. The zero-order valence-electron chi connectivity index (χ0n) is 14.7. The number of carbonyl (C=O) groups excluding carboxylic acids is 1. The van der Waals surface area contributed by atoms with Crippen LogP contribution in [0.2, 0.25) is 5.02 Å². The lowest BCUT2D eigenvalue weighted by molar-refractivity contribution is -0.130. The van der Waals surface area contributed by atoms with E-state index in [1.807, 2.05) is 23.1 Å². The summed E-state index contributed by atoms with van der Waals surface area (Å²) in [5.41, 5.74) is 0.835. The van der Waals surface area contributed by atoms with Gasteiger partial charge in [-0.2, -0.15) is 9.78 Å². The van der Waals surface area contributed by atoms with Crippen molar-refractivity contribution in [1.82, 2.24) is 14.7 Å². The number of nitrogens with one attached hydrogen (secondary N) is 1. The number of para-hydroxylation sites is 1. The van der Waals surface area contributed by atoms with Gasteiger partial charge in [-0.15, -0.1) is 0 Å².